The number of hydrogen-bond acceptors (Lipinski definition) is 4. The van der Waals surface area contributed by atoms with Gasteiger partial charge in [-0.2, -0.15) is 0 Å². The first kappa shape index (κ1) is 20.7. The maximum absolute atomic E-state index is 12.4. The van der Waals surface area contributed by atoms with E-state index in [-0.39, 0.29) is 5.91 Å². The molecule has 1 N–H and O–H groups in total. The first-order chi connectivity index (χ1) is 12.7. The number of alkyl carbamates (subject to hydrolysis) is 1. The molecule has 0 bridgehead atoms. The van der Waals surface area contributed by atoms with Crippen molar-refractivity contribution < 1.29 is 14.3 Å². The average Bonchev–Trinajstić information content (AvgIpc) is 2.93. The number of amides is 2. The van der Waals surface area contributed by atoms with Crippen LogP contribution in [0.4, 0.5) is 4.79 Å². The van der Waals surface area contributed by atoms with Crippen LogP contribution in [0.3, 0.4) is 0 Å². The van der Waals surface area contributed by atoms with Crippen molar-refractivity contribution in [2.45, 2.75) is 59.2 Å². The van der Waals surface area contributed by atoms with Gasteiger partial charge in [0, 0.05) is 26.6 Å². The molecule has 0 aliphatic rings. The van der Waals surface area contributed by atoms with Crippen molar-refractivity contribution in [1.82, 2.24) is 19.8 Å². The molecule has 2 aromatic rings. The Balaban J connectivity index is 1.83. The molecular weight excluding hydrogens is 344 g/mol. The molecule has 0 saturated heterocycles. The van der Waals surface area contributed by atoms with Crippen LogP contribution in [0.2, 0.25) is 0 Å². The largest absolute Gasteiger partial charge is 0.444 e. The zero-order valence-electron chi connectivity index (χ0n) is 16.9. The topological polar surface area (TPSA) is 76.5 Å². The van der Waals surface area contributed by atoms with Crippen molar-refractivity contribution in [3.63, 3.8) is 0 Å². The van der Waals surface area contributed by atoms with E-state index in [1.807, 2.05) is 45.0 Å². The third-order valence-corrected chi connectivity index (χ3v) is 4.09. The van der Waals surface area contributed by atoms with Crippen LogP contribution < -0.4 is 5.32 Å². The van der Waals surface area contributed by atoms with E-state index in [0.717, 1.165) is 23.4 Å². The highest BCUT2D eigenvalue weighted by atomic mass is 16.6. The van der Waals surface area contributed by atoms with Crippen molar-refractivity contribution in [1.29, 1.82) is 0 Å². The number of imidazole rings is 1. The second-order valence-electron chi connectivity index (χ2n) is 7.54. The van der Waals surface area contributed by atoms with E-state index in [1.54, 1.807) is 11.9 Å². The second-order valence-corrected chi connectivity index (χ2v) is 7.54. The summed E-state index contributed by atoms with van der Waals surface area (Å²) >= 11 is 0. The van der Waals surface area contributed by atoms with Crippen LogP contribution >= 0.6 is 0 Å². The summed E-state index contributed by atoms with van der Waals surface area (Å²) in [6.07, 6.45) is 0.464. The Labute approximate surface area is 160 Å². The summed E-state index contributed by atoms with van der Waals surface area (Å²) in [7, 11) is 1.78. The molecule has 0 atom stereocenters. The standard InChI is InChI=1S/C20H30N4O3/c1-6-24-16-11-8-7-10-15(16)22-17(24)14-23(5)18(25)12-9-13-21-19(26)27-20(2,3)4/h7-8,10-11H,6,9,12-14H2,1-5H3,(H,21,26). The molecule has 2 rings (SSSR count). The number of aromatic nitrogens is 2. The highest BCUT2D eigenvalue weighted by Gasteiger charge is 2.17. The van der Waals surface area contributed by atoms with Crippen LogP contribution in [0.25, 0.3) is 11.0 Å². The highest BCUT2D eigenvalue weighted by molar-refractivity contribution is 5.77. The molecule has 0 aliphatic carbocycles. The fourth-order valence-corrected chi connectivity index (χ4v) is 2.83. The Morgan fingerprint density at radius 1 is 1.26 bits per heavy atom. The van der Waals surface area contributed by atoms with Crippen LogP contribution in [0, 0.1) is 0 Å². The second kappa shape index (κ2) is 8.88. The monoisotopic (exact) mass is 374 g/mol. The molecule has 0 unspecified atom stereocenters. The van der Waals surface area contributed by atoms with E-state index < -0.39 is 11.7 Å². The van der Waals surface area contributed by atoms with Crippen LogP contribution in [0.15, 0.2) is 24.3 Å². The Bertz CT molecular complexity index is 792. The highest BCUT2D eigenvalue weighted by Crippen LogP contribution is 2.17. The predicted octanol–water partition coefficient (Wildman–Crippen LogP) is 3.32. The number of rotatable bonds is 7. The minimum Gasteiger partial charge on any atom is -0.444 e. The van der Waals surface area contributed by atoms with Gasteiger partial charge in [0.1, 0.15) is 11.4 Å². The van der Waals surface area contributed by atoms with Crippen molar-refractivity contribution >= 4 is 23.0 Å². The Hall–Kier alpha value is -2.57. The minimum atomic E-state index is -0.523. The van der Waals surface area contributed by atoms with E-state index >= 15 is 0 Å². The van der Waals surface area contributed by atoms with Crippen molar-refractivity contribution in [2.24, 2.45) is 0 Å². The fourth-order valence-electron chi connectivity index (χ4n) is 2.83. The molecular formula is C20H30N4O3. The lowest BCUT2D eigenvalue weighted by molar-refractivity contribution is -0.130. The first-order valence-corrected chi connectivity index (χ1v) is 9.36. The van der Waals surface area contributed by atoms with Gasteiger partial charge in [-0.3, -0.25) is 4.79 Å². The van der Waals surface area contributed by atoms with Gasteiger partial charge in [-0.25, -0.2) is 9.78 Å². The molecule has 0 aliphatic heterocycles. The molecule has 148 valence electrons. The van der Waals surface area contributed by atoms with Gasteiger partial charge in [-0.1, -0.05) is 12.1 Å². The molecule has 1 aromatic heterocycles. The van der Waals surface area contributed by atoms with Crippen LogP contribution in [-0.4, -0.2) is 45.6 Å². The molecule has 1 aromatic carbocycles. The maximum atomic E-state index is 12.4. The van der Waals surface area contributed by atoms with E-state index in [0.29, 0.717) is 25.9 Å². The summed E-state index contributed by atoms with van der Waals surface area (Å²) in [5.41, 5.74) is 1.50. The number of carbonyl (C=O) groups excluding carboxylic acids is 2. The van der Waals surface area contributed by atoms with Gasteiger partial charge < -0.3 is 19.5 Å². The van der Waals surface area contributed by atoms with Gasteiger partial charge >= 0.3 is 6.09 Å². The Kier molecular flexibility index (Phi) is 6.82. The van der Waals surface area contributed by atoms with E-state index in [2.05, 4.69) is 21.8 Å². The minimum absolute atomic E-state index is 0.0238. The lowest BCUT2D eigenvalue weighted by Gasteiger charge is -2.20. The molecule has 0 radical (unpaired) electrons. The molecule has 7 nitrogen and oxygen atoms in total. The normalized spacial score (nSPS) is 11.4. The number of nitrogens with one attached hydrogen (secondary N) is 1. The third kappa shape index (κ3) is 5.98. The molecule has 7 heteroatoms. The number of nitrogens with zero attached hydrogens (tertiary/aromatic N) is 3. The van der Waals surface area contributed by atoms with Crippen molar-refractivity contribution in [3.05, 3.63) is 30.1 Å². The summed E-state index contributed by atoms with van der Waals surface area (Å²) < 4.78 is 7.30. The SMILES string of the molecule is CCn1c(CN(C)C(=O)CCCNC(=O)OC(C)(C)C)nc2ccccc21. The summed E-state index contributed by atoms with van der Waals surface area (Å²) in [4.78, 5) is 30.3. The fraction of sp³-hybridized carbons (Fsp3) is 0.550. The third-order valence-electron chi connectivity index (χ3n) is 4.09. The van der Waals surface area contributed by atoms with Gasteiger partial charge in [0.25, 0.3) is 0 Å². The smallest absolute Gasteiger partial charge is 0.407 e. The molecule has 0 fully saturated rings. The maximum Gasteiger partial charge on any atom is 0.407 e. The summed E-state index contributed by atoms with van der Waals surface area (Å²) in [6.45, 7) is 9.18. The van der Waals surface area contributed by atoms with Gasteiger partial charge in [-0.05, 0) is 46.2 Å². The van der Waals surface area contributed by atoms with Gasteiger partial charge in [0.2, 0.25) is 5.91 Å². The first-order valence-electron chi connectivity index (χ1n) is 9.36. The molecule has 2 amide bonds. The molecule has 1 heterocycles. The van der Waals surface area contributed by atoms with Gasteiger partial charge in [0.05, 0.1) is 17.6 Å². The van der Waals surface area contributed by atoms with Crippen LogP contribution in [-0.2, 0) is 22.6 Å². The molecule has 27 heavy (non-hydrogen) atoms. The lowest BCUT2D eigenvalue weighted by atomic mass is 10.2. The number of aryl methyl sites for hydroxylation is 1. The number of fused-ring (bicyclic) bond motifs is 1. The predicted molar refractivity (Wildman–Crippen MR) is 105 cm³/mol. The number of benzene rings is 1. The number of carbonyl (C=O) groups is 2. The Morgan fingerprint density at radius 2 is 1.96 bits per heavy atom. The quantitative estimate of drug-likeness (QED) is 0.754. The van der Waals surface area contributed by atoms with Crippen molar-refractivity contribution in [2.75, 3.05) is 13.6 Å². The van der Waals surface area contributed by atoms with Gasteiger partial charge in [0.15, 0.2) is 0 Å². The molecule has 0 saturated carbocycles. The number of ether oxygens (including phenoxy) is 1. The van der Waals surface area contributed by atoms with Gasteiger partial charge in [-0.15, -0.1) is 0 Å². The van der Waals surface area contributed by atoms with Crippen LogP contribution in [0.1, 0.15) is 46.4 Å². The van der Waals surface area contributed by atoms with Crippen LogP contribution in [0.5, 0.6) is 0 Å². The van der Waals surface area contributed by atoms with E-state index in [9.17, 15) is 9.59 Å². The van der Waals surface area contributed by atoms with Crippen molar-refractivity contribution in [3.8, 4) is 0 Å². The lowest BCUT2D eigenvalue weighted by Crippen LogP contribution is -2.33. The van der Waals surface area contributed by atoms with E-state index in [1.165, 1.54) is 0 Å². The summed E-state index contributed by atoms with van der Waals surface area (Å²) in [5.74, 6) is 0.900. The zero-order chi connectivity index (χ0) is 20.0. The van der Waals surface area contributed by atoms with E-state index in [4.69, 9.17) is 4.74 Å². The summed E-state index contributed by atoms with van der Waals surface area (Å²) in [5, 5.41) is 2.67. The average molecular weight is 374 g/mol. The number of hydrogen-bond donors (Lipinski definition) is 1. The number of para-hydroxylation sites is 2. The molecule has 0 spiro atoms. The summed E-state index contributed by atoms with van der Waals surface area (Å²) in [6, 6.07) is 7.98. The zero-order valence-corrected chi connectivity index (χ0v) is 16.9. The Morgan fingerprint density at radius 3 is 2.63 bits per heavy atom.